The van der Waals surface area contributed by atoms with Gasteiger partial charge in [-0.05, 0) is 56.0 Å². The maximum atomic E-state index is 9.58. The van der Waals surface area contributed by atoms with E-state index in [1.54, 1.807) is 14.0 Å². The van der Waals surface area contributed by atoms with E-state index in [0.29, 0.717) is 0 Å². The van der Waals surface area contributed by atoms with Gasteiger partial charge in [0.05, 0.1) is 13.2 Å². The number of hydrogen-bond donors (Lipinski definition) is 1. The predicted molar refractivity (Wildman–Crippen MR) is 57.8 cm³/mol. The normalized spacial score (nSPS) is 12.7. The van der Waals surface area contributed by atoms with Crippen LogP contribution in [0.3, 0.4) is 0 Å². The van der Waals surface area contributed by atoms with Gasteiger partial charge in [-0.2, -0.15) is 0 Å². The standard InChI is InChI=1S/C12H18O2/c1-7-6-11(10(4)13)8(2)9(3)12(7)14-5/h6,10,13H,1-5H3. The quantitative estimate of drug-likeness (QED) is 0.784. The van der Waals surface area contributed by atoms with Crippen LogP contribution in [-0.2, 0) is 0 Å². The molecule has 0 aromatic heterocycles. The number of aliphatic hydroxyl groups is 1. The zero-order valence-electron chi connectivity index (χ0n) is 9.51. The van der Waals surface area contributed by atoms with Crippen LogP contribution in [0.5, 0.6) is 5.75 Å². The summed E-state index contributed by atoms with van der Waals surface area (Å²) in [5.74, 6) is 0.923. The number of benzene rings is 1. The Hall–Kier alpha value is -1.02. The van der Waals surface area contributed by atoms with Crippen LogP contribution in [0.15, 0.2) is 6.07 Å². The molecule has 2 heteroatoms. The highest BCUT2D eigenvalue weighted by atomic mass is 16.5. The topological polar surface area (TPSA) is 29.5 Å². The van der Waals surface area contributed by atoms with Crippen molar-refractivity contribution in [2.75, 3.05) is 7.11 Å². The van der Waals surface area contributed by atoms with E-state index >= 15 is 0 Å². The third-order valence-electron chi connectivity index (χ3n) is 2.72. The van der Waals surface area contributed by atoms with E-state index in [1.807, 2.05) is 26.8 Å². The second-order valence-corrected chi connectivity index (χ2v) is 3.74. The number of rotatable bonds is 2. The number of aliphatic hydroxyl groups excluding tert-OH is 1. The number of hydrogen-bond acceptors (Lipinski definition) is 2. The second-order valence-electron chi connectivity index (χ2n) is 3.74. The van der Waals surface area contributed by atoms with Gasteiger partial charge in [0.25, 0.3) is 0 Å². The Morgan fingerprint density at radius 3 is 2.21 bits per heavy atom. The maximum absolute atomic E-state index is 9.58. The molecule has 0 radical (unpaired) electrons. The molecule has 0 aliphatic heterocycles. The molecule has 0 heterocycles. The van der Waals surface area contributed by atoms with E-state index < -0.39 is 6.10 Å². The van der Waals surface area contributed by atoms with Crippen LogP contribution in [0.25, 0.3) is 0 Å². The molecule has 1 aromatic carbocycles. The molecule has 1 unspecified atom stereocenters. The lowest BCUT2D eigenvalue weighted by Crippen LogP contribution is -2.01. The van der Waals surface area contributed by atoms with Gasteiger partial charge in [-0.1, -0.05) is 0 Å². The fraction of sp³-hybridized carbons (Fsp3) is 0.500. The summed E-state index contributed by atoms with van der Waals surface area (Å²) in [5.41, 5.74) is 4.29. The van der Waals surface area contributed by atoms with Crippen LogP contribution >= 0.6 is 0 Å². The number of methoxy groups -OCH3 is 1. The Morgan fingerprint density at radius 2 is 1.79 bits per heavy atom. The SMILES string of the molecule is COc1c(C)cc(C(C)O)c(C)c1C. The first-order valence-electron chi connectivity index (χ1n) is 4.81. The van der Waals surface area contributed by atoms with Crippen molar-refractivity contribution in [1.82, 2.24) is 0 Å². The Balaban J connectivity index is 3.40. The monoisotopic (exact) mass is 194 g/mol. The van der Waals surface area contributed by atoms with E-state index in [1.165, 1.54) is 0 Å². The molecule has 0 aliphatic rings. The van der Waals surface area contributed by atoms with Crippen molar-refractivity contribution in [3.8, 4) is 5.75 Å². The first kappa shape index (κ1) is 11.1. The van der Waals surface area contributed by atoms with E-state index in [-0.39, 0.29) is 0 Å². The van der Waals surface area contributed by atoms with Crippen LogP contribution in [-0.4, -0.2) is 12.2 Å². The van der Waals surface area contributed by atoms with E-state index in [2.05, 4.69) is 0 Å². The van der Waals surface area contributed by atoms with Crippen LogP contribution in [0, 0.1) is 20.8 Å². The Labute approximate surface area is 85.5 Å². The minimum absolute atomic E-state index is 0.418. The van der Waals surface area contributed by atoms with Crippen molar-refractivity contribution in [2.24, 2.45) is 0 Å². The third-order valence-corrected chi connectivity index (χ3v) is 2.72. The van der Waals surface area contributed by atoms with Crippen molar-refractivity contribution in [3.05, 3.63) is 28.3 Å². The van der Waals surface area contributed by atoms with Crippen LogP contribution in [0.1, 0.15) is 35.3 Å². The molecular formula is C12H18O2. The second kappa shape index (κ2) is 4.01. The van der Waals surface area contributed by atoms with Gasteiger partial charge in [0, 0.05) is 0 Å². The van der Waals surface area contributed by atoms with E-state index in [4.69, 9.17) is 4.74 Å². The third kappa shape index (κ3) is 1.75. The van der Waals surface area contributed by atoms with Gasteiger partial charge in [0.2, 0.25) is 0 Å². The summed E-state index contributed by atoms with van der Waals surface area (Å²) in [5, 5.41) is 9.58. The minimum Gasteiger partial charge on any atom is -0.496 e. The summed E-state index contributed by atoms with van der Waals surface area (Å²) < 4.78 is 5.31. The van der Waals surface area contributed by atoms with Crippen LogP contribution in [0.2, 0.25) is 0 Å². The molecule has 0 aliphatic carbocycles. The largest absolute Gasteiger partial charge is 0.496 e. The van der Waals surface area contributed by atoms with Crippen LogP contribution in [0.4, 0.5) is 0 Å². The molecule has 1 aromatic rings. The molecule has 0 amide bonds. The van der Waals surface area contributed by atoms with E-state index in [9.17, 15) is 5.11 Å². The van der Waals surface area contributed by atoms with Gasteiger partial charge < -0.3 is 9.84 Å². The molecule has 0 fully saturated rings. The lowest BCUT2D eigenvalue weighted by Gasteiger charge is -2.17. The summed E-state index contributed by atoms with van der Waals surface area (Å²) in [6.07, 6.45) is -0.418. The molecule has 1 atom stereocenters. The van der Waals surface area contributed by atoms with Gasteiger partial charge in [-0.15, -0.1) is 0 Å². The van der Waals surface area contributed by atoms with Crippen LogP contribution < -0.4 is 4.74 Å². The summed E-state index contributed by atoms with van der Waals surface area (Å²) in [6.45, 7) is 7.82. The molecule has 0 saturated carbocycles. The van der Waals surface area contributed by atoms with Gasteiger partial charge in [0.15, 0.2) is 0 Å². The van der Waals surface area contributed by atoms with Crippen molar-refractivity contribution in [2.45, 2.75) is 33.8 Å². The van der Waals surface area contributed by atoms with Gasteiger partial charge in [-0.25, -0.2) is 0 Å². The Kier molecular flexibility index (Phi) is 3.17. The molecule has 14 heavy (non-hydrogen) atoms. The van der Waals surface area contributed by atoms with Crippen molar-refractivity contribution in [3.63, 3.8) is 0 Å². The highest BCUT2D eigenvalue weighted by Gasteiger charge is 2.13. The molecule has 2 nitrogen and oxygen atoms in total. The smallest absolute Gasteiger partial charge is 0.124 e. The molecule has 0 bridgehead atoms. The summed E-state index contributed by atoms with van der Waals surface area (Å²) in [7, 11) is 1.68. The molecule has 0 saturated heterocycles. The first-order chi connectivity index (χ1) is 6.49. The minimum atomic E-state index is -0.418. The summed E-state index contributed by atoms with van der Waals surface area (Å²) in [6, 6.07) is 1.99. The van der Waals surface area contributed by atoms with Crippen molar-refractivity contribution >= 4 is 0 Å². The molecule has 0 spiro atoms. The predicted octanol–water partition coefficient (Wildman–Crippen LogP) is 2.67. The number of aryl methyl sites for hydroxylation is 1. The zero-order valence-corrected chi connectivity index (χ0v) is 9.51. The summed E-state index contributed by atoms with van der Waals surface area (Å²) >= 11 is 0. The number of ether oxygens (including phenoxy) is 1. The van der Waals surface area contributed by atoms with Crippen molar-refractivity contribution < 1.29 is 9.84 Å². The molecule has 78 valence electrons. The highest BCUT2D eigenvalue weighted by Crippen LogP contribution is 2.31. The highest BCUT2D eigenvalue weighted by molar-refractivity contribution is 5.49. The van der Waals surface area contributed by atoms with Gasteiger partial charge in [-0.3, -0.25) is 0 Å². The lowest BCUT2D eigenvalue weighted by atomic mass is 9.96. The van der Waals surface area contributed by atoms with Gasteiger partial charge in [0.1, 0.15) is 5.75 Å². The van der Waals surface area contributed by atoms with Gasteiger partial charge >= 0.3 is 0 Å². The molecule has 1 rings (SSSR count). The lowest BCUT2D eigenvalue weighted by molar-refractivity contribution is 0.198. The first-order valence-corrected chi connectivity index (χ1v) is 4.81. The maximum Gasteiger partial charge on any atom is 0.124 e. The molecule has 1 N–H and O–H groups in total. The fourth-order valence-corrected chi connectivity index (χ4v) is 1.84. The Morgan fingerprint density at radius 1 is 1.21 bits per heavy atom. The van der Waals surface area contributed by atoms with Crippen molar-refractivity contribution in [1.29, 1.82) is 0 Å². The average Bonchev–Trinajstić information content (AvgIpc) is 2.12. The average molecular weight is 194 g/mol. The van der Waals surface area contributed by atoms with E-state index in [0.717, 1.165) is 28.0 Å². The summed E-state index contributed by atoms with van der Waals surface area (Å²) in [4.78, 5) is 0. The molecular weight excluding hydrogens is 176 g/mol. The fourth-order valence-electron chi connectivity index (χ4n) is 1.84. The zero-order chi connectivity index (χ0) is 10.9. The Bertz CT molecular complexity index is 341.